The van der Waals surface area contributed by atoms with Crippen molar-refractivity contribution < 1.29 is 0 Å². The number of fused-ring (bicyclic) bond motifs is 1. The molecule has 1 aliphatic rings. The third-order valence-electron chi connectivity index (χ3n) is 3.02. The lowest BCUT2D eigenvalue weighted by Gasteiger charge is -2.08. The van der Waals surface area contributed by atoms with Crippen LogP contribution in [0.2, 0.25) is 0 Å². The van der Waals surface area contributed by atoms with Gasteiger partial charge in [0.1, 0.15) is 0 Å². The summed E-state index contributed by atoms with van der Waals surface area (Å²) in [4.78, 5) is 0. The molecule has 0 bridgehead atoms. The molecular weight excluding hydrogens is 198 g/mol. The Hall–Kier alpha value is -1.64. The molecule has 0 saturated carbocycles. The van der Waals surface area contributed by atoms with E-state index in [1.54, 1.807) is 6.92 Å². The largest absolute Gasteiger partial charge is 0.379 e. The molecule has 1 aliphatic carbocycles. The molecule has 0 heterocycles. The second kappa shape index (κ2) is 4.47. The molecule has 0 spiro atoms. The number of nitrogens with one attached hydrogen (secondary N) is 3. The van der Waals surface area contributed by atoms with Gasteiger partial charge in [-0.05, 0) is 49.4 Å². The van der Waals surface area contributed by atoms with Crippen molar-refractivity contribution in [1.82, 2.24) is 0 Å². The zero-order valence-electron chi connectivity index (χ0n) is 9.56. The summed E-state index contributed by atoms with van der Waals surface area (Å²) in [6.45, 7) is 2.08. The van der Waals surface area contributed by atoms with Gasteiger partial charge in [-0.3, -0.25) is 0 Å². The van der Waals surface area contributed by atoms with Gasteiger partial charge in [0, 0.05) is 5.69 Å². The van der Waals surface area contributed by atoms with Crippen molar-refractivity contribution >= 4 is 17.1 Å². The first kappa shape index (κ1) is 10.9. The molecule has 84 valence electrons. The summed E-state index contributed by atoms with van der Waals surface area (Å²) in [6.07, 6.45) is 3.63. The van der Waals surface area contributed by atoms with E-state index in [9.17, 15) is 0 Å². The Balaban J connectivity index is 2.00. The molecule has 0 radical (unpaired) electrons. The fourth-order valence-corrected chi connectivity index (χ4v) is 2.00. The Bertz CT molecular complexity index is 435. The third kappa shape index (κ3) is 2.30. The Morgan fingerprint density at radius 2 is 2.00 bits per heavy atom. The molecule has 3 N–H and O–H groups in total. The van der Waals surface area contributed by atoms with Crippen molar-refractivity contribution in [3.05, 3.63) is 29.3 Å². The first-order valence-electron chi connectivity index (χ1n) is 5.65. The molecule has 1 aromatic carbocycles. The minimum atomic E-state index is 0.327. The van der Waals surface area contributed by atoms with Crippen LogP contribution in [0, 0.1) is 10.8 Å². The molecule has 0 atom stereocenters. The average Bonchev–Trinajstić information content (AvgIpc) is 2.72. The SMILES string of the molecule is CC(=N)C(=N)CNc1ccc2c(c1)CCC2. The highest BCUT2D eigenvalue weighted by molar-refractivity contribution is 6.40. The number of rotatable bonds is 4. The summed E-state index contributed by atoms with van der Waals surface area (Å²) in [7, 11) is 0. The van der Waals surface area contributed by atoms with Crippen molar-refractivity contribution in [3.63, 3.8) is 0 Å². The molecule has 3 heteroatoms. The molecule has 0 saturated heterocycles. The first-order chi connectivity index (χ1) is 7.66. The third-order valence-corrected chi connectivity index (χ3v) is 3.02. The molecule has 0 fully saturated rings. The van der Waals surface area contributed by atoms with E-state index >= 15 is 0 Å². The maximum absolute atomic E-state index is 7.56. The van der Waals surface area contributed by atoms with Gasteiger partial charge in [-0.2, -0.15) is 0 Å². The lowest BCUT2D eigenvalue weighted by molar-refractivity contribution is 0.912. The van der Waals surface area contributed by atoms with Gasteiger partial charge >= 0.3 is 0 Å². The summed E-state index contributed by atoms with van der Waals surface area (Å²) in [6, 6.07) is 6.41. The van der Waals surface area contributed by atoms with E-state index < -0.39 is 0 Å². The van der Waals surface area contributed by atoms with Crippen LogP contribution in [0.5, 0.6) is 0 Å². The van der Waals surface area contributed by atoms with Gasteiger partial charge in [0.25, 0.3) is 0 Å². The zero-order chi connectivity index (χ0) is 11.5. The molecular formula is C13H17N3. The minimum absolute atomic E-state index is 0.327. The van der Waals surface area contributed by atoms with Crippen LogP contribution in [0.1, 0.15) is 24.5 Å². The maximum Gasteiger partial charge on any atom is 0.0709 e. The normalized spacial score (nSPS) is 13.3. The van der Waals surface area contributed by atoms with E-state index in [1.807, 2.05) is 0 Å². The monoisotopic (exact) mass is 215 g/mol. The topological polar surface area (TPSA) is 59.7 Å². The number of anilines is 1. The van der Waals surface area contributed by atoms with Crippen molar-refractivity contribution in [2.45, 2.75) is 26.2 Å². The van der Waals surface area contributed by atoms with Crippen molar-refractivity contribution in [1.29, 1.82) is 10.8 Å². The first-order valence-corrected chi connectivity index (χ1v) is 5.65. The van der Waals surface area contributed by atoms with Crippen LogP contribution in [0.25, 0.3) is 0 Å². The highest BCUT2D eigenvalue weighted by Crippen LogP contribution is 2.24. The number of hydrogen-bond acceptors (Lipinski definition) is 3. The Morgan fingerprint density at radius 3 is 2.75 bits per heavy atom. The Labute approximate surface area is 95.9 Å². The van der Waals surface area contributed by atoms with E-state index in [0.29, 0.717) is 18.0 Å². The van der Waals surface area contributed by atoms with Crippen LogP contribution in [-0.2, 0) is 12.8 Å². The van der Waals surface area contributed by atoms with E-state index in [1.165, 1.54) is 30.4 Å². The average molecular weight is 215 g/mol. The summed E-state index contributed by atoms with van der Waals surface area (Å²) in [5, 5.41) is 18.1. The van der Waals surface area contributed by atoms with Gasteiger partial charge in [-0.25, -0.2) is 0 Å². The van der Waals surface area contributed by atoms with Crippen LogP contribution in [0.4, 0.5) is 5.69 Å². The lowest BCUT2D eigenvalue weighted by Crippen LogP contribution is -2.19. The lowest BCUT2D eigenvalue weighted by atomic mass is 10.1. The van der Waals surface area contributed by atoms with Gasteiger partial charge in [0.05, 0.1) is 18.0 Å². The van der Waals surface area contributed by atoms with Crippen LogP contribution in [0.3, 0.4) is 0 Å². The zero-order valence-corrected chi connectivity index (χ0v) is 9.56. The highest BCUT2D eigenvalue weighted by Gasteiger charge is 2.10. The van der Waals surface area contributed by atoms with Crippen molar-refractivity contribution in [3.8, 4) is 0 Å². The predicted octanol–water partition coefficient (Wildman–Crippen LogP) is 2.65. The summed E-state index contributed by atoms with van der Waals surface area (Å²) in [5.74, 6) is 0. The molecule has 16 heavy (non-hydrogen) atoms. The van der Waals surface area contributed by atoms with E-state index in [2.05, 4.69) is 23.5 Å². The second-order valence-electron chi connectivity index (χ2n) is 4.29. The second-order valence-corrected chi connectivity index (χ2v) is 4.29. The quantitative estimate of drug-likeness (QED) is 0.664. The minimum Gasteiger partial charge on any atom is -0.379 e. The van der Waals surface area contributed by atoms with Gasteiger partial charge in [-0.1, -0.05) is 6.07 Å². The molecule has 0 unspecified atom stereocenters. The summed E-state index contributed by atoms with van der Waals surface area (Å²) >= 11 is 0. The number of benzene rings is 1. The molecule has 3 nitrogen and oxygen atoms in total. The van der Waals surface area contributed by atoms with Crippen LogP contribution >= 0.6 is 0 Å². The maximum atomic E-state index is 7.56. The Kier molecular flexibility index (Phi) is 3.04. The van der Waals surface area contributed by atoms with E-state index in [4.69, 9.17) is 10.8 Å². The van der Waals surface area contributed by atoms with Gasteiger partial charge in [0.2, 0.25) is 0 Å². The van der Waals surface area contributed by atoms with Crippen LogP contribution in [0.15, 0.2) is 18.2 Å². The molecule has 1 aromatic rings. The van der Waals surface area contributed by atoms with Crippen molar-refractivity contribution in [2.75, 3.05) is 11.9 Å². The highest BCUT2D eigenvalue weighted by atomic mass is 14.9. The molecule has 0 aromatic heterocycles. The fraction of sp³-hybridized carbons (Fsp3) is 0.385. The number of aryl methyl sites for hydroxylation is 2. The summed E-state index contributed by atoms with van der Waals surface area (Å²) in [5.41, 5.74) is 4.63. The Morgan fingerprint density at radius 1 is 1.25 bits per heavy atom. The molecule has 2 rings (SSSR count). The van der Waals surface area contributed by atoms with Gasteiger partial charge in [-0.15, -0.1) is 0 Å². The van der Waals surface area contributed by atoms with Gasteiger partial charge in [0.15, 0.2) is 0 Å². The molecule has 0 aliphatic heterocycles. The van der Waals surface area contributed by atoms with E-state index in [0.717, 1.165) is 5.69 Å². The smallest absolute Gasteiger partial charge is 0.0709 e. The van der Waals surface area contributed by atoms with E-state index in [-0.39, 0.29) is 0 Å². The van der Waals surface area contributed by atoms with Crippen LogP contribution < -0.4 is 5.32 Å². The predicted molar refractivity (Wildman–Crippen MR) is 68.1 cm³/mol. The fourth-order valence-electron chi connectivity index (χ4n) is 2.00. The molecule has 0 amide bonds. The van der Waals surface area contributed by atoms with Crippen LogP contribution in [-0.4, -0.2) is 18.0 Å². The summed E-state index contributed by atoms with van der Waals surface area (Å²) < 4.78 is 0. The standard InChI is InChI=1S/C13H17N3/c1-9(14)13(15)8-16-12-6-5-10-3-2-4-11(10)7-12/h5-7,14-16H,2-4,8H2,1H3. The van der Waals surface area contributed by atoms with Gasteiger partial charge < -0.3 is 16.1 Å². The number of hydrogen-bond donors (Lipinski definition) is 3. The van der Waals surface area contributed by atoms with Crippen molar-refractivity contribution in [2.24, 2.45) is 0 Å².